The zero-order valence-electron chi connectivity index (χ0n) is 11.4. The van der Waals surface area contributed by atoms with Crippen LogP contribution >= 0.6 is 0 Å². The van der Waals surface area contributed by atoms with Crippen LogP contribution < -0.4 is 15.4 Å². The van der Waals surface area contributed by atoms with Crippen molar-refractivity contribution in [3.8, 4) is 5.75 Å². The van der Waals surface area contributed by atoms with Gasteiger partial charge in [-0.3, -0.25) is 0 Å². The highest BCUT2D eigenvalue weighted by molar-refractivity contribution is 5.74. The van der Waals surface area contributed by atoms with Crippen LogP contribution in [-0.2, 0) is 6.54 Å². The summed E-state index contributed by atoms with van der Waals surface area (Å²) in [5.41, 5.74) is 0.709. The number of benzene rings is 1. The van der Waals surface area contributed by atoms with Crippen molar-refractivity contribution in [1.29, 1.82) is 0 Å². The highest BCUT2D eigenvalue weighted by Crippen LogP contribution is 2.18. The first-order valence-corrected chi connectivity index (χ1v) is 6.24. The molecule has 3 N–H and O–H groups in total. The summed E-state index contributed by atoms with van der Waals surface area (Å²) in [5, 5.41) is 13.8. The third-order valence-corrected chi connectivity index (χ3v) is 2.43. The van der Waals surface area contributed by atoms with E-state index in [1.807, 2.05) is 0 Å². The van der Waals surface area contributed by atoms with Crippen molar-refractivity contribution in [3.05, 3.63) is 29.8 Å². The average molecular weight is 306 g/mol. The monoisotopic (exact) mass is 306 g/mol. The van der Waals surface area contributed by atoms with Gasteiger partial charge in [0.1, 0.15) is 5.75 Å². The Bertz CT molecular complexity index is 449. The summed E-state index contributed by atoms with van der Waals surface area (Å²) in [4.78, 5) is 11.4. The number of carbonyl (C=O) groups excluding carboxylic acids is 1. The predicted octanol–water partition coefficient (Wildman–Crippen LogP) is 1.81. The number of alkyl halides is 3. The topological polar surface area (TPSA) is 70.6 Å². The molecule has 0 aliphatic rings. The molecular formula is C13H17F3N2O3. The van der Waals surface area contributed by atoms with Gasteiger partial charge in [-0.15, -0.1) is 0 Å². The Morgan fingerprint density at radius 3 is 2.48 bits per heavy atom. The third-order valence-electron chi connectivity index (χ3n) is 2.43. The number of nitrogens with one attached hydrogen (secondary N) is 2. The quantitative estimate of drug-likeness (QED) is 0.750. The summed E-state index contributed by atoms with van der Waals surface area (Å²) in [6.45, 7) is 0.348. The molecule has 8 heteroatoms. The number of aliphatic hydroxyl groups is 1. The first kappa shape index (κ1) is 17.1. The molecule has 1 atom stereocenters. The molecule has 0 fully saturated rings. The van der Waals surface area contributed by atoms with Crippen LogP contribution in [0.25, 0.3) is 0 Å². The predicted molar refractivity (Wildman–Crippen MR) is 69.9 cm³/mol. The molecule has 21 heavy (non-hydrogen) atoms. The van der Waals surface area contributed by atoms with Crippen LogP contribution in [0, 0.1) is 0 Å². The summed E-state index contributed by atoms with van der Waals surface area (Å²) in [7, 11) is 0. The maximum Gasteiger partial charge on any atom is 0.422 e. The minimum atomic E-state index is -4.37. The van der Waals surface area contributed by atoms with Crippen LogP contribution in [0.4, 0.5) is 18.0 Å². The average Bonchev–Trinajstić information content (AvgIpc) is 2.43. The summed E-state index contributed by atoms with van der Waals surface area (Å²) in [6.07, 6.45) is -4.37. The summed E-state index contributed by atoms with van der Waals surface area (Å²) >= 11 is 0. The van der Waals surface area contributed by atoms with E-state index < -0.39 is 18.8 Å². The fourth-order valence-electron chi connectivity index (χ4n) is 1.37. The van der Waals surface area contributed by atoms with Crippen LogP contribution in [-0.4, -0.2) is 36.6 Å². The lowest BCUT2D eigenvalue weighted by Gasteiger charge is -2.12. The third kappa shape index (κ3) is 7.40. The Morgan fingerprint density at radius 1 is 1.33 bits per heavy atom. The fraction of sp³-hybridized carbons (Fsp3) is 0.462. The van der Waals surface area contributed by atoms with Crippen molar-refractivity contribution in [2.75, 3.05) is 13.2 Å². The first-order valence-electron chi connectivity index (χ1n) is 6.24. The number of halogens is 3. The number of amides is 2. The van der Waals surface area contributed by atoms with E-state index in [4.69, 9.17) is 5.11 Å². The van der Waals surface area contributed by atoms with Gasteiger partial charge in [-0.2, -0.15) is 13.2 Å². The standard InChI is InChI=1S/C13H17F3N2O3/c1-9(7-19)18-12(20)17-6-10-2-4-11(5-3-10)21-8-13(14,15)16/h2-5,9,19H,6-8H2,1H3,(H2,17,18,20). The lowest BCUT2D eigenvalue weighted by atomic mass is 10.2. The molecule has 0 bridgehead atoms. The molecule has 0 saturated heterocycles. The van der Waals surface area contributed by atoms with E-state index in [-0.39, 0.29) is 24.9 Å². The molecule has 1 rings (SSSR count). The Morgan fingerprint density at radius 2 is 1.95 bits per heavy atom. The van der Waals surface area contributed by atoms with Gasteiger partial charge in [0, 0.05) is 6.54 Å². The first-order chi connectivity index (χ1) is 9.80. The number of hydrogen-bond donors (Lipinski definition) is 3. The zero-order valence-corrected chi connectivity index (χ0v) is 11.4. The lowest BCUT2D eigenvalue weighted by Crippen LogP contribution is -2.41. The second kappa shape index (κ2) is 7.72. The van der Waals surface area contributed by atoms with E-state index in [1.54, 1.807) is 19.1 Å². The van der Waals surface area contributed by atoms with Gasteiger partial charge < -0.3 is 20.5 Å². The van der Waals surface area contributed by atoms with E-state index >= 15 is 0 Å². The smallest absolute Gasteiger partial charge is 0.422 e. The maximum absolute atomic E-state index is 12.0. The SMILES string of the molecule is CC(CO)NC(=O)NCc1ccc(OCC(F)(F)F)cc1. The van der Waals surface area contributed by atoms with Crippen molar-refractivity contribution < 1.29 is 27.8 Å². The molecule has 0 spiro atoms. The van der Waals surface area contributed by atoms with E-state index in [9.17, 15) is 18.0 Å². The van der Waals surface area contributed by atoms with Crippen molar-refractivity contribution in [1.82, 2.24) is 10.6 Å². The van der Waals surface area contributed by atoms with E-state index in [0.717, 1.165) is 0 Å². The van der Waals surface area contributed by atoms with Crippen molar-refractivity contribution in [2.24, 2.45) is 0 Å². The normalized spacial score (nSPS) is 12.6. The molecule has 0 aromatic heterocycles. The van der Waals surface area contributed by atoms with Gasteiger partial charge in [0.2, 0.25) is 0 Å². The number of urea groups is 1. The highest BCUT2D eigenvalue weighted by Gasteiger charge is 2.28. The molecule has 1 aromatic carbocycles. The van der Waals surface area contributed by atoms with Crippen molar-refractivity contribution in [3.63, 3.8) is 0 Å². The van der Waals surface area contributed by atoms with Gasteiger partial charge in [0.25, 0.3) is 0 Å². The van der Waals surface area contributed by atoms with Crippen LogP contribution in [0.5, 0.6) is 5.75 Å². The molecule has 0 aliphatic heterocycles. The van der Waals surface area contributed by atoms with Gasteiger partial charge in [0.15, 0.2) is 6.61 Å². The molecule has 118 valence electrons. The minimum absolute atomic E-state index is 0.106. The minimum Gasteiger partial charge on any atom is -0.484 e. The van der Waals surface area contributed by atoms with Gasteiger partial charge in [-0.1, -0.05) is 12.1 Å². The summed E-state index contributed by atoms with van der Waals surface area (Å²) < 4.78 is 40.5. The van der Waals surface area contributed by atoms with E-state index in [2.05, 4.69) is 15.4 Å². The summed E-state index contributed by atoms with van der Waals surface area (Å²) in [6, 6.07) is 5.12. The van der Waals surface area contributed by atoms with Gasteiger partial charge >= 0.3 is 12.2 Å². The highest BCUT2D eigenvalue weighted by atomic mass is 19.4. The molecule has 1 aromatic rings. The van der Waals surface area contributed by atoms with E-state index in [1.165, 1.54) is 12.1 Å². The number of ether oxygens (including phenoxy) is 1. The Labute approximate surface area is 120 Å². The number of aliphatic hydroxyl groups excluding tert-OH is 1. The number of hydrogen-bond acceptors (Lipinski definition) is 3. The van der Waals surface area contributed by atoms with Crippen molar-refractivity contribution in [2.45, 2.75) is 25.7 Å². The van der Waals surface area contributed by atoms with Gasteiger partial charge in [0.05, 0.1) is 12.6 Å². The fourth-order valence-corrected chi connectivity index (χ4v) is 1.37. The second-order valence-corrected chi connectivity index (χ2v) is 4.46. The Hall–Kier alpha value is -1.96. The molecule has 0 radical (unpaired) electrons. The molecule has 1 unspecified atom stereocenters. The van der Waals surface area contributed by atoms with Crippen LogP contribution in [0.15, 0.2) is 24.3 Å². The Kier molecular flexibility index (Phi) is 6.29. The van der Waals surface area contributed by atoms with Gasteiger partial charge in [-0.05, 0) is 24.6 Å². The molecule has 5 nitrogen and oxygen atoms in total. The second-order valence-electron chi connectivity index (χ2n) is 4.46. The molecule has 0 aliphatic carbocycles. The molecule has 0 saturated carbocycles. The number of carbonyl (C=O) groups is 1. The number of rotatable bonds is 6. The van der Waals surface area contributed by atoms with Crippen LogP contribution in [0.3, 0.4) is 0 Å². The lowest BCUT2D eigenvalue weighted by molar-refractivity contribution is -0.153. The van der Waals surface area contributed by atoms with Crippen LogP contribution in [0.1, 0.15) is 12.5 Å². The van der Waals surface area contributed by atoms with Gasteiger partial charge in [-0.25, -0.2) is 4.79 Å². The molecular weight excluding hydrogens is 289 g/mol. The Balaban J connectivity index is 2.39. The summed E-state index contributed by atoms with van der Waals surface area (Å²) in [5.74, 6) is 0.106. The largest absolute Gasteiger partial charge is 0.484 e. The molecule has 0 heterocycles. The zero-order chi connectivity index (χ0) is 15.9. The van der Waals surface area contributed by atoms with Crippen LogP contribution in [0.2, 0.25) is 0 Å². The molecule has 2 amide bonds. The maximum atomic E-state index is 12.0. The van der Waals surface area contributed by atoms with Crippen molar-refractivity contribution >= 4 is 6.03 Å². The van der Waals surface area contributed by atoms with E-state index in [0.29, 0.717) is 5.56 Å².